The molecule has 0 aliphatic carbocycles. The molecule has 4 aromatic rings. The second-order valence-electron chi connectivity index (χ2n) is 5.73. The highest BCUT2D eigenvalue weighted by Crippen LogP contribution is 2.37. The second-order valence-corrected chi connectivity index (χ2v) is 6.13. The number of hydrogen-bond acceptors (Lipinski definition) is 2. The first-order chi connectivity index (χ1) is 12.2. The number of hydrogen-bond donors (Lipinski definition) is 2. The van der Waals surface area contributed by atoms with E-state index in [1.807, 2.05) is 66.7 Å². The van der Waals surface area contributed by atoms with Crippen LogP contribution in [0.25, 0.3) is 22.2 Å². The number of H-pyrrole nitrogens is 2. The van der Waals surface area contributed by atoms with E-state index in [0.29, 0.717) is 17.4 Å². The molecule has 124 valence electrons. The van der Waals surface area contributed by atoms with E-state index in [1.54, 1.807) is 0 Å². The van der Waals surface area contributed by atoms with E-state index >= 15 is 0 Å². The third kappa shape index (κ3) is 3.16. The van der Waals surface area contributed by atoms with E-state index in [4.69, 9.17) is 16.3 Å². The molecule has 0 atom stereocenters. The molecule has 25 heavy (non-hydrogen) atoms. The van der Waals surface area contributed by atoms with Crippen molar-refractivity contribution in [2.45, 2.75) is 6.61 Å². The van der Waals surface area contributed by atoms with Crippen molar-refractivity contribution in [2.24, 2.45) is 0 Å². The van der Waals surface area contributed by atoms with Crippen LogP contribution < -0.4 is 10.4 Å². The minimum absolute atomic E-state index is 0.230. The molecule has 5 heteroatoms. The van der Waals surface area contributed by atoms with E-state index in [9.17, 15) is 4.79 Å². The Balaban J connectivity index is 1.73. The number of aromatic amines is 2. The first-order valence-corrected chi connectivity index (χ1v) is 8.26. The molecule has 0 unspecified atom stereocenters. The topological polar surface area (TPSA) is 57.9 Å². The highest BCUT2D eigenvalue weighted by atomic mass is 35.5. The van der Waals surface area contributed by atoms with Crippen LogP contribution in [-0.2, 0) is 6.61 Å². The van der Waals surface area contributed by atoms with Crippen molar-refractivity contribution in [3.8, 4) is 16.9 Å². The van der Waals surface area contributed by atoms with Crippen molar-refractivity contribution < 1.29 is 4.74 Å². The van der Waals surface area contributed by atoms with E-state index in [-0.39, 0.29) is 5.69 Å². The van der Waals surface area contributed by atoms with Gasteiger partial charge in [-0.05, 0) is 35.4 Å². The summed E-state index contributed by atoms with van der Waals surface area (Å²) >= 11 is 6.44. The van der Waals surface area contributed by atoms with Crippen molar-refractivity contribution in [3.63, 3.8) is 0 Å². The Labute approximate surface area is 149 Å². The molecule has 0 radical (unpaired) electrons. The third-order valence-corrected chi connectivity index (χ3v) is 4.33. The van der Waals surface area contributed by atoms with Crippen LogP contribution in [-0.4, -0.2) is 9.97 Å². The lowest BCUT2D eigenvalue weighted by molar-refractivity contribution is 0.307. The van der Waals surface area contributed by atoms with Gasteiger partial charge in [0.25, 0.3) is 0 Å². The predicted molar refractivity (Wildman–Crippen MR) is 100 cm³/mol. The van der Waals surface area contributed by atoms with Crippen molar-refractivity contribution in [1.29, 1.82) is 0 Å². The number of halogens is 1. The highest BCUT2D eigenvalue weighted by molar-refractivity contribution is 6.33. The monoisotopic (exact) mass is 350 g/mol. The van der Waals surface area contributed by atoms with Crippen LogP contribution in [0, 0.1) is 0 Å². The molecular formula is C20H15ClN2O2. The summed E-state index contributed by atoms with van der Waals surface area (Å²) in [4.78, 5) is 17.0. The number of aromatic nitrogens is 2. The molecule has 0 spiro atoms. The van der Waals surface area contributed by atoms with Crippen molar-refractivity contribution >= 4 is 22.6 Å². The Morgan fingerprint density at radius 1 is 0.880 bits per heavy atom. The number of imidazole rings is 1. The van der Waals surface area contributed by atoms with Gasteiger partial charge < -0.3 is 14.7 Å². The summed E-state index contributed by atoms with van der Waals surface area (Å²) in [5.41, 5.74) is 4.04. The van der Waals surface area contributed by atoms with E-state index in [1.165, 1.54) is 0 Å². The van der Waals surface area contributed by atoms with E-state index in [2.05, 4.69) is 9.97 Å². The molecule has 1 aromatic heterocycles. The molecule has 0 bridgehead atoms. The standard InChI is InChI=1S/C20H15ClN2O2/c21-15-7-4-8-18(25-12-13-5-2-1-3-6-13)19(15)14-9-10-16-17(11-14)23-20(24)22-16/h1-11H,12H2,(H2,22,23,24). The summed E-state index contributed by atoms with van der Waals surface area (Å²) in [6.07, 6.45) is 0. The fourth-order valence-corrected chi connectivity index (χ4v) is 3.10. The normalized spacial score (nSPS) is 10.9. The van der Waals surface area contributed by atoms with Crippen LogP contribution in [0.15, 0.2) is 71.5 Å². The Morgan fingerprint density at radius 3 is 2.52 bits per heavy atom. The maximum Gasteiger partial charge on any atom is 0.323 e. The van der Waals surface area contributed by atoms with Gasteiger partial charge >= 0.3 is 5.69 Å². The van der Waals surface area contributed by atoms with Gasteiger partial charge in [-0.1, -0.05) is 54.1 Å². The van der Waals surface area contributed by atoms with Crippen LogP contribution in [0.4, 0.5) is 0 Å². The Hall–Kier alpha value is -2.98. The van der Waals surface area contributed by atoms with Crippen LogP contribution >= 0.6 is 11.6 Å². The molecule has 4 nitrogen and oxygen atoms in total. The van der Waals surface area contributed by atoms with Gasteiger partial charge in [-0.25, -0.2) is 4.79 Å². The van der Waals surface area contributed by atoms with Gasteiger partial charge in [0.05, 0.1) is 16.1 Å². The molecule has 0 saturated heterocycles. The second kappa shape index (κ2) is 6.49. The van der Waals surface area contributed by atoms with Gasteiger partial charge in [-0.3, -0.25) is 0 Å². The first kappa shape index (κ1) is 15.5. The Bertz CT molecular complexity index is 1080. The van der Waals surface area contributed by atoms with Crippen LogP contribution in [0.1, 0.15) is 5.56 Å². The number of rotatable bonds is 4. The van der Waals surface area contributed by atoms with Crippen molar-refractivity contribution in [2.75, 3.05) is 0 Å². The number of benzene rings is 3. The lowest BCUT2D eigenvalue weighted by atomic mass is 10.0. The highest BCUT2D eigenvalue weighted by Gasteiger charge is 2.12. The van der Waals surface area contributed by atoms with Crippen molar-refractivity contribution in [3.05, 3.63) is 87.8 Å². The van der Waals surface area contributed by atoms with Gasteiger partial charge in [0.15, 0.2) is 0 Å². The summed E-state index contributed by atoms with van der Waals surface area (Å²) in [6, 6.07) is 21.2. The average Bonchev–Trinajstić information content (AvgIpc) is 3.00. The molecule has 0 saturated carbocycles. The lowest BCUT2D eigenvalue weighted by Gasteiger charge is -2.13. The summed E-state index contributed by atoms with van der Waals surface area (Å²) < 4.78 is 6.01. The Kier molecular flexibility index (Phi) is 4.04. The quantitative estimate of drug-likeness (QED) is 0.557. The van der Waals surface area contributed by atoms with Gasteiger partial charge in [-0.2, -0.15) is 0 Å². The molecule has 0 amide bonds. The maximum atomic E-state index is 11.5. The van der Waals surface area contributed by atoms with Gasteiger partial charge in [0.1, 0.15) is 12.4 Å². The molecule has 0 aliphatic heterocycles. The summed E-state index contributed by atoms with van der Waals surface area (Å²) in [7, 11) is 0. The zero-order valence-corrected chi connectivity index (χ0v) is 14.0. The fourth-order valence-electron chi connectivity index (χ4n) is 2.83. The van der Waals surface area contributed by atoms with Gasteiger partial charge in [-0.15, -0.1) is 0 Å². The minimum Gasteiger partial charge on any atom is -0.488 e. The third-order valence-electron chi connectivity index (χ3n) is 4.02. The van der Waals surface area contributed by atoms with Crippen LogP contribution in [0.2, 0.25) is 5.02 Å². The van der Waals surface area contributed by atoms with Gasteiger partial charge in [0.2, 0.25) is 0 Å². The number of nitrogens with one attached hydrogen (secondary N) is 2. The molecular weight excluding hydrogens is 336 g/mol. The van der Waals surface area contributed by atoms with Crippen LogP contribution in [0.3, 0.4) is 0 Å². The van der Waals surface area contributed by atoms with E-state index < -0.39 is 0 Å². The molecule has 0 fully saturated rings. The molecule has 0 aliphatic rings. The molecule has 4 rings (SSSR count). The lowest BCUT2D eigenvalue weighted by Crippen LogP contribution is -1.99. The fraction of sp³-hybridized carbons (Fsp3) is 0.0500. The summed E-state index contributed by atoms with van der Waals surface area (Å²) in [5.74, 6) is 0.702. The minimum atomic E-state index is -0.230. The number of ether oxygens (including phenoxy) is 1. The molecule has 1 heterocycles. The average molecular weight is 351 g/mol. The van der Waals surface area contributed by atoms with Crippen LogP contribution in [0.5, 0.6) is 5.75 Å². The summed E-state index contributed by atoms with van der Waals surface area (Å²) in [6.45, 7) is 0.456. The number of fused-ring (bicyclic) bond motifs is 1. The maximum absolute atomic E-state index is 11.5. The largest absolute Gasteiger partial charge is 0.488 e. The zero-order chi connectivity index (χ0) is 17.2. The van der Waals surface area contributed by atoms with E-state index in [0.717, 1.165) is 27.7 Å². The smallest absolute Gasteiger partial charge is 0.323 e. The Morgan fingerprint density at radius 2 is 1.68 bits per heavy atom. The SMILES string of the molecule is O=c1[nH]c2ccc(-c3c(Cl)cccc3OCc3ccccc3)cc2[nH]1. The summed E-state index contributed by atoms with van der Waals surface area (Å²) in [5, 5.41) is 0.600. The van der Waals surface area contributed by atoms with Crippen molar-refractivity contribution in [1.82, 2.24) is 9.97 Å². The zero-order valence-electron chi connectivity index (χ0n) is 13.3. The molecule has 2 N–H and O–H groups in total. The predicted octanol–water partition coefficient (Wildman–Crippen LogP) is 4.76. The van der Waals surface area contributed by atoms with Gasteiger partial charge in [0, 0.05) is 5.56 Å². The first-order valence-electron chi connectivity index (χ1n) is 7.88. The molecule has 3 aromatic carbocycles.